The van der Waals surface area contributed by atoms with Gasteiger partial charge in [-0.15, -0.1) is 0 Å². The van der Waals surface area contributed by atoms with Crippen LogP contribution in [0, 0.1) is 13.8 Å². The van der Waals surface area contributed by atoms with Crippen molar-refractivity contribution < 1.29 is 0 Å². The van der Waals surface area contributed by atoms with Crippen LogP contribution in [-0.4, -0.2) is 15.8 Å². The number of pyridine rings is 1. The van der Waals surface area contributed by atoms with Gasteiger partial charge in [-0.2, -0.15) is 5.10 Å². The lowest BCUT2D eigenvalue weighted by Gasteiger charge is -2.14. The zero-order valence-corrected chi connectivity index (χ0v) is 14.7. The fraction of sp³-hybridized carbons (Fsp3) is 0.300. The number of benzene rings is 1. The molecule has 0 bridgehead atoms. The van der Waals surface area contributed by atoms with Crippen molar-refractivity contribution in [2.45, 2.75) is 40.3 Å². The van der Waals surface area contributed by atoms with Crippen LogP contribution >= 0.6 is 0 Å². The third kappa shape index (κ3) is 4.69. The average molecular weight is 323 g/mol. The van der Waals surface area contributed by atoms with Gasteiger partial charge in [0, 0.05) is 24.7 Å². The van der Waals surface area contributed by atoms with Crippen LogP contribution in [0.15, 0.2) is 59.2 Å². The lowest BCUT2D eigenvalue weighted by Crippen LogP contribution is -2.21. The van der Waals surface area contributed by atoms with Crippen molar-refractivity contribution in [3.05, 3.63) is 81.9 Å². The van der Waals surface area contributed by atoms with Gasteiger partial charge >= 0.3 is 0 Å². The highest BCUT2D eigenvalue weighted by Gasteiger charge is 2.04. The maximum Gasteiger partial charge on any atom is 0.251 e. The van der Waals surface area contributed by atoms with E-state index in [0.29, 0.717) is 13.1 Å². The molecule has 0 spiro atoms. The highest BCUT2D eigenvalue weighted by atomic mass is 16.1. The Balaban J connectivity index is 2.14. The van der Waals surface area contributed by atoms with Crippen LogP contribution in [0.2, 0.25) is 0 Å². The summed E-state index contributed by atoms with van der Waals surface area (Å²) in [6.45, 7) is 11.1. The number of hydrogen-bond acceptors (Lipinski definition) is 3. The molecule has 0 fully saturated rings. The monoisotopic (exact) mass is 323 g/mol. The molecule has 0 aliphatic carbocycles. The molecule has 0 atom stereocenters. The van der Waals surface area contributed by atoms with Gasteiger partial charge in [0.05, 0.1) is 13.1 Å². The first-order chi connectivity index (χ1) is 11.5. The van der Waals surface area contributed by atoms with Crippen LogP contribution in [0.4, 0.5) is 0 Å². The molecule has 1 aromatic carbocycles. The Labute approximate surface area is 143 Å². The van der Waals surface area contributed by atoms with Gasteiger partial charge in [-0.1, -0.05) is 31.7 Å². The van der Waals surface area contributed by atoms with E-state index in [0.717, 1.165) is 17.5 Å². The third-order valence-electron chi connectivity index (χ3n) is 3.95. The summed E-state index contributed by atoms with van der Waals surface area (Å²) in [5.74, 6) is 0. The second-order valence-electron chi connectivity index (χ2n) is 5.91. The number of rotatable bonds is 7. The first-order valence-corrected chi connectivity index (χ1v) is 8.20. The minimum atomic E-state index is -0.00536. The molecule has 1 heterocycles. The summed E-state index contributed by atoms with van der Waals surface area (Å²) < 4.78 is 1.72. The average Bonchev–Trinajstić information content (AvgIpc) is 2.57. The van der Waals surface area contributed by atoms with Crippen molar-refractivity contribution in [2.24, 2.45) is 5.10 Å². The molecule has 4 nitrogen and oxygen atoms in total. The van der Waals surface area contributed by atoms with Crippen molar-refractivity contribution >= 4 is 6.21 Å². The molecule has 2 rings (SSSR count). The van der Waals surface area contributed by atoms with E-state index < -0.39 is 0 Å². The summed E-state index contributed by atoms with van der Waals surface area (Å²) in [6.07, 6.45) is 6.19. The number of nitrogens with zero attached hydrogens (tertiary/aromatic N) is 3. The molecule has 1 aromatic heterocycles. The van der Waals surface area contributed by atoms with E-state index in [2.05, 4.69) is 43.7 Å². The molecular weight excluding hydrogens is 298 g/mol. The maximum atomic E-state index is 12.4. The summed E-state index contributed by atoms with van der Waals surface area (Å²) in [5, 5.41) is 6.00. The molecule has 0 saturated carbocycles. The van der Waals surface area contributed by atoms with Gasteiger partial charge in [-0.3, -0.25) is 9.80 Å². The summed E-state index contributed by atoms with van der Waals surface area (Å²) >= 11 is 0. The van der Waals surface area contributed by atoms with Crippen LogP contribution in [0.25, 0.3) is 0 Å². The van der Waals surface area contributed by atoms with Crippen LogP contribution in [-0.2, 0) is 13.1 Å². The minimum absolute atomic E-state index is 0.00536. The summed E-state index contributed by atoms with van der Waals surface area (Å²) in [4.78, 5) is 12.4. The van der Waals surface area contributed by atoms with Gasteiger partial charge in [0.1, 0.15) is 0 Å². The molecule has 2 aromatic rings. The van der Waals surface area contributed by atoms with Gasteiger partial charge in [0.15, 0.2) is 0 Å². The van der Waals surface area contributed by atoms with Crippen molar-refractivity contribution in [3.63, 3.8) is 0 Å². The molecule has 0 aliphatic rings. The van der Waals surface area contributed by atoms with Crippen molar-refractivity contribution in [1.82, 2.24) is 9.58 Å². The SMILES string of the molecule is C=CN(Cc1ccn(Cc2ccc(C)c(C)c2)c(=O)c1)/N=C\CC. The van der Waals surface area contributed by atoms with Crippen LogP contribution in [0.3, 0.4) is 0 Å². The molecule has 0 N–H and O–H groups in total. The zero-order chi connectivity index (χ0) is 17.5. The standard InChI is InChI=1S/C20H25N3O/c1-5-10-21-23(6-2)15-19-9-11-22(20(24)13-19)14-18-8-7-16(3)17(4)12-18/h6-13H,2,5,14-15H2,1,3-4H3/b21-10-. The molecule has 0 amide bonds. The molecule has 0 radical (unpaired) electrons. The molecule has 126 valence electrons. The fourth-order valence-electron chi connectivity index (χ4n) is 2.40. The molecular formula is C20H25N3O. The number of hydrogen-bond donors (Lipinski definition) is 0. The van der Waals surface area contributed by atoms with E-state index in [4.69, 9.17) is 0 Å². The fourth-order valence-corrected chi connectivity index (χ4v) is 2.40. The lowest BCUT2D eigenvalue weighted by atomic mass is 10.1. The Bertz CT molecular complexity index is 790. The number of aryl methyl sites for hydroxylation is 2. The van der Waals surface area contributed by atoms with E-state index in [1.54, 1.807) is 21.8 Å². The summed E-state index contributed by atoms with van der Waals surface area (Å²) in [7, 11) is 0. The van der Waals surface area contributed by atoms with Gasteiger partial charge in [-0.05, 0) is 48.6 Å². The van der Waals surface area contributed by atoms with Crippen molar-refractivity contribution in [1.29, 1.82) is 0 Å². The Kier molecular flexibility index (Phi) is 6.13. The highest BCUT2D eigenvalue weighted by Crippen LogP contribution is 2.11. The predicted molar refractivity (Wildman–Crippen MR) is 100 cm³/mol. The van der Waals surface area contributed by atoms with E-state index in [9.17, 15) is 4.79 Å². The Hall–Kier alpha value is -2.62. The van der Waals surface area contributed by atoms with Crippen LogP contribution < -0.4 is 5.56 Å². The quantitative estimate of drug-likeness (QED) is 0.573. The molecule has 4 heteroatoms. The first-order valence-electron chi connectivity index (χ1n) is 8.20. The van der Waals surface area contributed by atoms with E-state index >= 15 is 0 Å². The molecule has 24 heavy (non-hydrogen) atoms. The molecule has 0 aliphatic heterocycles. The van der Waals surface area contributed by atoms with Crippen molar-refractivity contribution in [3.8, 4) is 0 Å². The minimum Gasteiger partial charge on any atom is -0.311 e. The largest absolute Gasteiger partial charge is 0.311 e. The van der Waals surface area contributed by atoms with Crippen molar-refractivity contribution in [2.75, 3.05) is 0 Å². The van der Waals surface area contributed by atoms with E-state index in [1.165, 1.54) is 11.1 Å². The normalized spacial score (nSPS) is 11.0. The Morgan fingerprint density at radius 3 is 2.58 bits per heavy atom. The van der Waals surface area contributed by atoms with E-state index in [1.807, 2.05) is 25.4 Å². The summed E-state index contributed by atoms with van der Waals surface area (Å²) in [5.41, 5.74) is 4.55. The summed E-state index contributed by atoms with van der Waals surface area (Å²) in [6, 6.07) is 9.92. The second-order valence-corrected chi connectivity index (χ2v) is 5.91. The van der Waals surface area contributed by atoms with E-state index in [-0.39, 0.29) is 5.56 Å². The lowest BCUT2D eigenvalue weighted by molar-refractivity contribution is 0.394. The van der Waals surface area contributed by atoms with Gasteiger partial charge in [0.2, 0.25) is 0 Å². The third-order valence-corrected chi connectivity index (χ3v) is 3.95. The zero-order valence-electron chi connectivity index (χ0n) is 14.7. The second kappa shape index (κ2) is 8.29. The topological polar surface area (TPSA) is 37.6 Å². The molecule has 0 saturated heterocycles. The van der Waals surface area contributed by atoms with Gasteiger partial charge in [0.25, 0.3) is 5.56 Å². The Morgan fingerprint density at radius 1 is 1.17 bits per heavy atom. The highest BCUT2D eigenvalue weighted by molar-refractivity contribution is 5.56. The first kappa shape index (κ1) is 17.7. The van der Waals surface area contributed by atoms with Crippen LogP contribution in [0.5, 0.6) is 0 Å². The van der Waals surface area contributed by atoms with Crippen LogP contribution in [0.1, 0.15) is 35.6 Å². The Morgan fingerprint density at radius 2 is 1.96 bits per heavy atom. The maximum absolute atomic E-state index is 12.4. The van der Waals surface area contributed by atoms with Gasteiger partial charge in [-0.25, -0.2) is 0 Å². The smallest absolute Gasteiger partial charge is 0.251 e. The number of aromatic nitrogens is 1. The predicted octanol–water partition coefficient (Wildman–Crippen LogP) is 3.85. The molecule has 0 unspecified atom stereocenters. The van der Waals surface area contributed by atoms with Gasteiger partial charge < -0.3 is 4.57 Å². The number of hydrazone groups is 1.